The Morgan fingerprint density at radius 3 is 2.70 bits per heavy atom. The number of ether oxygens (including phenoxy) is 2. The third-order valence-corrected chi connectivity index (χ3v) is 3.19. The number of hydrogen-bond acceptors (Lipinski definition) is 5. The van der Waals surface area contributed by atoms with E-state index in [0.717, 1.165) is 5.56 Å². The van der Waals surface area contributed by atoms with Gasteiger partial charge < -0.3 is 14.6 Å². The number of rotatable bonds is 3. The highest BCUT2D eigenvalue weighted by atomic mass is 16.6. The van der Waals surface area contributed by atoms with E-state index in [1.807, 2.05) is 30.3 Å². The number of amides is 1. The fourth-order valence-corrected chi connectivity index (χ4v) is 2.18. The number of methoxy groups -OCH3 is 1. The Balaban J connectivity index is 1.95. The first-order chi connectivity index (χ1) is 9.61. The van der Waals surface area contributed by atoms with Crippen molar-refractivity contribution in [3.63, 3.8) is 0 Å². The molecule has 0 aliphatic carbocycles. The zero-order chi connectivity index (χ0) is 14.5. The Kier molecular flexibility index (Phi) is 4.57. The topological polar surface area (TPSA) is 76.1 Å². The number of aliphatic hydroxyl groups excluding tert-OH is 1. The highest BCUT2D eigenvalue weighted by Gasteiger charge is 2.40. The Labute approximate surface area is 116 Å². The van der Waals surface area contributed by atoms with Crippen molar-refractivity contribution in [3.05, 3.63) is 35.9 Å². The normalized spacial score (nSPS) is 21.6. The van der Waals surface area contributed by atoms with Crippen LogP contribution in [0, 0.1) is 0 Å². The highest BCUT2D eigenvalue weighted by Crippen LogP contribution is 2.20. The molecular weight excluding hydrogens is 262 g/mol. The second kappa shape index (κ2) is 6.38. The molecule has 1 aliphatic heterocycles. The Morgan fingerprint density at radius 1 is 1.35 bits per heavy atom. The van der Waals surface area contributed by atoms with E-state index in [-0.39, 0.29) is 19.6 Å². The minimum absolute atomic E-state index is 0.0768. The average molecular weight is 279 g/mol. The molecule has 108 valence electrons. The van der Waals surface area contributed by atoms with E-state index in [4.69, 9.17) is 4.74 Å². The van der Waals surface area contributed by atoms with Gasteiger partial charge in [-0.25, -0.2) is 9.59 Å². The van der Waals surface area contributed by atoms with Crippen LogP contribution in [0.3, 0.4) is 0 Å². The summed E-state index contributed by atoms with van der Waals surface area (Å²) in [5.74, 6) is -0.543. The summed E-state index contributed by atoms with van der Waals surface area (Å²) in [6, 6.07) is 8.46. The first-order valence-electron chi connectivity index (χ1n) is 6.35. The molecule has 2 atom stereocenters. The quantitative estimate of drug-likeness (QED) is 0.833. The maximum Gasteiger partial charge on any atom is 0.410 e. The predicted molar refractivity (Wildman–Crippen MR) is 69.8 cm³/mol. The lowest BCUT2D eigenvalue weighted by Gasteiger charge is -2.21. The second-order valence-corrected chi connectivity index (χ2v) is 4.62. The van der Waals surface area contributed by atoms with E-state index in [1.165, 1.54) is 12.0 Å². The van der Waals surface area contributed by atoms with Gasteiger partial charge in [-0.2, -0.15) is 0 Å². The van der Waals surface area contributed by atoms with E-state index >= 15 is 0 Å². The lowest BCUT2D eigenvalue weighted by atomic mass is 10.2. The van der Waals surface area contributed by atoms with Gasteiger partial charge in [0.15, 0.2) is 0 Å². The van der Waals surface area contributed by atoms with Crippen molar-refractivity contribution in [1.82, 2.24) is 4.90 Å². The number of carbonyl (C=O) groups is 2. The monoisotopic (exact) mass is 279 g/mol. The summed E-state index contributed by atoms with van der Waals surface area (Å²) in [4.78, 5) is 24.8. The van der Waals surface area contributed by atoms with Crippen LogP contribution in [0.5, 0.6) is 0 Å². The van der Waals surface area contributed by atoms with Gasteiger partial charge in [0.05, 0.1) is 19.8 Å². The molecule has 6 heteroatoms. The average Bonchev–Trinajstić information content (AvgIpc) is 2.87. The summed E-state index contributed by atoms with van der Waals surface area (Å²) < 4.78 is 9.78. The van der Waals surface area contributed by atoms with E-state index in [2.05, 4.69) is 4.74 Å². The summed E-state index contributed by atoms with van der Waals surface area (Å²) in [7, 11) is 1.25. The highest BCUT2D eigenvalue weighted by molar-refractivity contribution is 5.82. The number of aliphatic hydroxyl groups is 1. The number of esters is 1. The van der Waals surface area contributed by atoms with Crippen molar-refractivity contribution >= 4 is 12.1 Å². The molecule has 1 aromatic rings. The number of benzene rings is 1. The Hall–Kier alpha value is -2.08. The van der Waals surface area contributed by atoms with Crippen LogP contribution in [0.1, 0.15) is 12.0 Å². The molecule has 0 spiro atoms. The van der Waals surface area contributed by atoms with Gasteiger partial charge in [-0.3, -0.25) is 4.90 Å². The fraction of sp³-hybridized carbons (Fsp3) is 0.429. The van der Waals surface area contributed by atoms with Crippen molar-refractivity contribution in [2.45, 2.75) is 25.2 Å². The first kappa shape index (κ1) is 14.3. The molecule has 20 heavy (non-hydrogen) atoms. The van der Waals surface area contributed by atoms with Gasteiger partial charge in [0.2, 0.25) is 0 Å². The molecule has 1 saturated heterocycles. The number of nitrogens with zero attached hydrogens (tertiary/aromatic N) is 1. The number of likely N-dealkylation sites (tertiary alicyclic amines) is 1. The van der Waals surface area contributed by atoms with Crippen molar-refractivity contribution < 1.29 is 24.2 Å². The minimum Gasteiger partial charge on any atom is -0.467 e. The van der Waals surface area contributed by atoms with E-state index in [1.54, 1.807) is 0 Å². The van der Waals surface area contributed by atoms with Crippen LogP contribution in [-0.2, 0) is 20.9 Å². The van der Waals surface area contributed by atoms with Crippen LogP contribution < -0.4 is 0 Å². The lowest BCUT2D eigenvalue weighted by molar-refractivity contribution is -0.145. The smallest absolute Gasteiger partial charge is 0.410 e. The van der Waals surface area contributed by atoms with E-state index < -0.39 is 24.2 Å². The SMILES string of the molecule is COC(=O)C1C[C@H](O)CN1C(=O)OCc1ccccc1. The summed E-state index contributed by atoms with van der Waals surface area (Å²) in [5.41, 5.74) is 0.857. The zero-order valence-corrected chi connectivity index (χ0v) is 11.2. The number of β-amino-alcohol motifs (C(OH)–C–C–N with tert-alkyl or cyclic N) is 1. The zero-order valence-electron chi connectivity index (χ0n) is 11.2. The van der Waals surface area contributed by atoms with Gasteiger partial charge in [-0.1, -0.05) is 30.3 Å². The maximum absolute atomic E-state index is 12.0. The van der Waals surface area contributed by atoms with Crippen LogP contribution in [-0.4, -0.2) is 47.9 Å². The third kappa shape index (κ3) is 3.27. The van der Waals surface area contributed by atoms with Gasteiger partial charge in [-0.05, 0) is 5.56 Å². The van der Waals surface area contributed by atoms with Crippen molar-refractivity contribution in [2.75, 3.05) is 13.7 Å². The maximum atomic E-state index is 12.0. The van der Waals surface area contributed by atoms with Crippen LogP contribution in [0.15, 0.2) is 30.3 Å². The molecule has 1 aliphatic rings. The molecule has 1 heterocycles. The van der Waals surface area contributed by atoms with Crippen molar-refractivity contribution in [2.24, 2.45) is 0 Å². The largest absolute Gasteiger partial charge is 0.467 e. The molecule has 1 N–H and O–H groups in total. The molecule has 1 unspecified atom stereocenters. The lowest BCUT2D eigenvalue weighted by Crippen LogP contribution is -2.41. The van der Waals surface area contributed by atoms with Crippen LogP contribution in [0.25, 0.3) is 0 Å². The molecule has 0 bridgehead atoms. The van der Waals surface area contributed by atoms with Crippen molar-refractivity contribution in [1.29, 1.82) is 0 Å². The van der Waals surface area contributed by atoms with Crippen LogP contribution >= 0.6 is 0 Å². The number of carbonyl (C=O) groups excluding carboxylic acids is 2. The van der Waals surface area contributed by atoms with Gasteiger partial charge >= 0.3 is 12.1 Å². The third-order valence-electron chi connectivity index (χ3n) is 3.19. The molecular formula is C14H17NO5. The van der Waals surface area contributed by atoms with Gasteiger partial charge in [0.1, 0.15) is 12.6 Å². The molecule has 0 radical (unpaired) electrons. The molecule has 1 fully saturated rings. The summed E-state index contributed by atoms with van der Waals surface area (Å²) in [6.07, 6.45) is -1.18. The van der Waals surface area contributed by atoms with Gasteiger partial charge in [0, 0.05) is 6.42 Å². The molecule has 1 amide bonds. The molecule has 6 nitrogen and oxygen atoms in total. The fourth-order valence-electron chi connectivity index (χ4n) is 2.18. The number of hydrogen-bond donors (Lipinski definition) is 1. The minimum atomic E-state index is -0.779. The predicted octanol–water partition coefficient (Wildman–Crippen LogP) is 0.931. The first-order valence-corrected chi connectivity index (χ1v) is 6.35. The molecule has 2 rings (SSSR count). The van der Waals surface area contributed by atoms with E-state index in [9.17, 15) is 14.7 Å². The van der Waals surface area contributed by atoms with E-state index in [0.29, 0.717) is 0 Å². The standard InChI is InChI=1S/C14H17NO5/c1-19-13(17)12-7-11(16)8-15(12)14(18)20-9-10-5-3-2-4-6-10/h2-6,11-12,16H,7-9H2,1H3/t11-,12?/m0/s1. The molecule has 0 aromatic heterocycles. The Bertz CT molecular complexity index is 476. The van der Waals surface area contributed by atoms with Crippen LogP contribution in [0.4, 0.5) is 4.79 Å². The van der Waals surface area contributed by atoms with Gasteiger partial charge in [0.25, 0.3) is 0 Å². The summed E-state index contributed by atoms with van der Waals surface area (Å²) in [5, 5.41) is 9.59. The second-order valence-electron chi connectivity index (χ2n) is 4.62. The Morgan fingerprint density at radius 2 is 2.05 bits per heavy atom. The molecule has 0 saturated carbocycles. The van der Waals surface area contributed by atoms with Crippen molar-refractivity contribution in [3.8, 4) is 0 Å². The molecule has 1 aromatic carbocycles. The summed E-state index contributed by atoms with van der Waals surface area (Å²) in [6.45, 7) is 0.202. The summed E-state index contributed by atoms with van der Waals surface area (Å²) >= 11 is 0. The van der Waals surface area contributed by atoms with Crippen LogP contribution in [0.2, 0.25) is 0 Å². The van der Waals surface area contributed by atoms with Gasteiger partial charge in [-0.15, -0.1) is 0 Å².